The third kappa shape index (κ3) is 6.52. The van der Waals surface area contributed by atoms with E-state index in [4.69, 9.17) is 0 Å². The fourth-order valence-electron chi connectivity index (χ4n) is 3.36. The van der Waals surface area contributed by atoms with Crippen molar-refractivity contribution in [1.82, 2.24) is 10.2 Å². The highest BCUT2D eigenvalue weighted by Gasteiger charge is 2.34. The van der Waals surface area contributed by atoms with Crippen LogP contribution in [0.25, 0.3) is 0 Å². The Bertz CT molecular complexity index is 786. The fourth-order valence-corrected chi connectivity index (χ4v) is 4.37. The molecule has 0 bridgehead atoms. The summed E-state index contributed by atoms with van der Waals surface area (Å²) >= 11 is 1.22. The molecule has 2 amide bonds. The quantitative estimate of drug-likeness (QED) is 0.632. The predicted octanol–water partition coefficient (Wildman–Crippen LogP) is 3.90. The van der Waals surface area contributed by atoms with E-state index in [0.29, 0.717) is 18.1 Å². The second-order valence-corrected chi connectivity index (χ2v) is 9.47. The third-order valence-electron chi connectivity index (χ3n) is 5.04. The van der Waals surface area contributed by atoms with Gasteiger partial charge in [0, 0.05) is 36.7 Å². The number of nitrogens with zero attached hydrogens (tertiary/aromatic N) is 1. The van der Waals surface area contributed by atoms with Crippen molar-refractivity contribution in [1.29, 1.82) is 0 Å². The average molecular weight is 441 g/mol. The molecular weight excluding hydrogens is 410 g/mol. The molecule has 0 aromatic heterocycles. The van der Waals surface area contributed by atoms with Crippen LogP contribution in [-0.4, -0.2) is 39.7 Å². The molecule has 2 rings (SSSR count). The van der Waals surface area contributed by atoms with E-state index >= 15 is 0 Å². The van der Waals surface area contributed by atoms with Crippen LogP contribution in [-0.2, 0) is 20.9 Å². The van der Waals surface area contributed by atoms with Crippen molar-refractivity contribution in [3.05, 3.63) is 35.4 Å². The van der Waals surface area contributed by atoms with Crippen LogP contribution >= 0.6 is 11.8 Å². The van der Waals surface area contributed by atoms with E-state index in [1.54, 1.807) is 0 Å². The molecule has 1 N–H and O–H groups in total. The number of thioether (sulfide) groups is 1. The van der Waals surface area contributed by atoms with E-state index in [2.05, 4.69) is 5.32 Å². The molecule has 2 atom stereocenters. The Morgan fingerprint density at radius 1 is 1.23 bits per heavy atom. The van der Waals surface area contributed by atoms with Crippen molar-refractivity contribution in [2.24, 2.45) is 11.8 Å². The van der Waals surface area contributed by atoms with Crippen molar-refractivity contribution in [3.63, 3.8) is 0 Å². The first-order chi connectivity index (χ1) is 14.1. The van der Waals surface area contributed by atoms with Crippen LogP contribution in [0.5, 0.6) is 0 Å². The molecule has 166 valence electrons. The molecule has 1 aliphatic rings. The van der Waals surface area contributed by atoms with Gasteiger partial charge in [0.1, 0.15) is 6.04 Å². The summed E-state index contributed by atoms with van der Waals surface area (Å²) in [6, 6.07) is 2.83. The molecule has 0 radical (unpaired) electrons. The first kappa shape index (κ1) is 24.3. The van der Waals surface area contributed by atoms with Gasteiger partial charge in [-0.25, -0.2) is 8.78 Å². The summed E-state index contributed by atoms with van der Waals surface area (Å²) < 4.78 is 27.5. The topological polar surface area (TPSA) is 66.5 Å². The van der Waals surface area contributed by atoms with Crippen LogP contribution in [0.3, 0.4) is 0 Å². The summed E-state index contributed by atoms with van der Waals surface area (Å²) in [4.78, 5) is 38.8. The summed E-state index contributed by atoms with van der Waals surface area (Å²) in [5, 5.41) is 2.73. The predicted molar refractivity (Wildman–Crippen MR) is 114 cm³/mol. The molecule has 0 aliphatic carbocycles. The molecule has 0 unspecified atom stereocenters. The number of halogens is 2. The molecule has 30 heavy (non-hydrogen) atoms. The van der Waals surface area contributed by atoms with E-state index in [9.17, 15) is 23.2 Å². The minimum atomic E-state index is -0.979. The number of rotatable bonds is 9. The van der Waals surface area contributed by atoms with Crippen molar-refractivity contribution in [3.8, 4) is 0 Å². The maximum Gasteiger partial charge on any atom is 0.223 e. The Morgan fingerprint density at radius 2 is 1.93 bits per heavy atom. The van der Waals surface area contributed by atoms with Gasteiger partial charge in [0.05, 0.1) is 0 Å². The molecule has 1 fully saturated rings. The van der Waals surface area contributed by atoms with Crippen LogP contribution in [0.1, 0.15) is 52.5 Å². The molecule has 8 heteroatoms. The van der Waals surface area contributed by atoms with Crippen molar-refractivity contribution < 1.29 is 23.2 Å². The molecule has 1 aromatic rings. The Morgan fingerprint density at radius 3 is 2.57 bits per heavy atom. The van der Waals surface area contributed by atoms with E-state index in [0.717, 1.165) is 6.07 Å². The summed E-state index contributed by atoms with van der Waals surface area (Å²) in [5.41, 5.74) is 0.0796. The first-order valence-electron chi connectivity index (χ1n) is 10.3. The largest absolute Gasteiger partial charge is 0.345 e. The van der Waals surface area contributed by atoms with Crippen molar-refractivity contribution >= 4 is 28.7 Å². The zero-order chi connectivity index (χ0) is 22.4. The molecular formula is C22H30F2N2O3S. The highest BCUT2D eigenvalue weighted by atomic mass is 32.2. The third-order valence-corrected chi connectivity index (χ3v) is 6.41. The Labute approximate surface area is 181 Å². The molecule has 1 aromatic carbocycles. The Kier molecular flexibility index (Phi) is 8.82. The van der Waals surface area contributed by atoms with E-state index in [1.165, 1.54) is 28.8 Å². The maximum absolute atomic E-state index is 14.0. The zero-order valence-electron chi connectivity index (χ0n) is 17.9. The van der Waals surface area contributed by atoms with E-state index < -0.39 is 23.7 Å². The van der Waals surface area contributed by atoms with Gasteiger partial charge in [-0.1, -0.05) is 51.6 Å². The SMILES string of the molecule is CC(C)CSC(=O)[C@@H](NC(=O)C[C@@H]1CCC(=O)N1Cc1cccc(F)c1F)C(C)C. The Hall–Kier alpha value is -1.96. The minimum absolute atomic E-state index is 0.0218. The lowest BCUT2D eigenvalue weighted by Crippen LogP contribution is -2.45. The lowest BCUT2D eigenvalue weighted by molar-refractivity contribution is -0.131. The lowest BCUT2D eigenvalue weighted by atomic mass is 10.0. The highest BCUT2D eigenvalue weighted by Crippen LogP contribution is 2.25. The second kappa shape index (κ2) is 10.9. The number of likely N-dealkylation sites (tertiary alicyclic amines) is 1. The number of amides is 2. The van der Waals surface area contributed by atoms with Crippen molar-refractivity contribution in [2.75, 3.05) is 5.75 Å². The Balaban J connectivity index is 2.02. The summed E-state index contributed by atoms with van der Waals surface area (Å²) in [7, 11) is 0. The number of hydrogen-bond acceptors (Lipinski definition) is 4. The summed E-state index contributed by atoms with van der Waals surface area (Å²) in [5.74, 6) is -1.48. The van der Waals surface area contributed by atoms with Gasteiger partial charge in [-0.05, 0) is 24.3 Å². The normalized spacial score (nSPS) is 17.7. The standard InChI is InChI=1S/C22H30F2N2O3S/c1-13(2)12-30-22(29)21(14(3)4)25-18(27)10-16-8-9-19(28)26(16)11-15-6-5-7-17(23)20(15)24/h5-7,13-14,16,21H,8-12H2,1-4H3,(H,25,27)/t16-,21-/m0/s1. The highest BCUT2D eigenvalue weighted by molar-refractivity contribution is 8.13. The van der Waals surface area contributed by atoms with Gasteiger partial charge in [0.25, 0.3) is 0 Å². The number of benzene rings is 1. The maximum atomic E-state index is 14.0. The molecule has 0 saturated carbocycles. The number of carbonyl (C=O) groups excluding carboxylic acids is 3. The summed E-state index contributed by atoms with van der Waals surface area (Å²) in [6.45, 7) is 7.71. The van der Waals surface area contributed by atoms with E-state index in [1.807, 2.05) is 27.7 Å². The molecule has 0 spiro atoms. The van der Waals surface area contributed by atoms with Gasteiger partial charge in [0.2, 0.25) is 16.9 Å². The van der Waals surface area contributed by atoms with Crippen LogP contribution in [0.15, 0.2) is 18.2 Å². The summed E-state index contributed by atoms with van der Waals surface area (Å²) in [6.07, 6.45) is 0.741. The average Bonchev–Trinajstić information content (AvgIpc) is 3.00. The van der Waals surface area contributed by atoms with Crippen LogP contribution in [0.2, 0.25) is 0 Å². The van der Waals surface area contributed by atoms with Gasteiger partial charge in [-0.2, -0.15) is 0 Å². The first-order valence-corrected chi connectivity index (χ1v) is 11.3. The molecule has 1 saturated heterocycles. The van der Waals surface area contributed by atoms with Crippen LogP contribution in [0, 0.1) is 23.5 Å². The minimum Gasteiger partial charge on any atom is -0.345 e. The van der Waals surface area contributed by atoms with Gasteiger partial charge < -0.3 is 10.2 Å². The number of nitrogens with one attached hydrogen (secondary N) is 1. The fraction of sp³-hybridized carbons (Fsp3) is 0.591. The second-order valence-electron chi connectivity index (χ2n) is 8.44. The zero-order valence-corrected chi connectivity index (χ0v) is 18.7. The van der Waals surface area contributed by atoms with Gasteiger partial charge in [-0.15, -0.1) is 0 Å². The van der Waals surface area contributed by atoms with Gasteiger partial charge in [-0.3, -0.25) is 14.4 Å². The van der Waals surface area contributed by atoms with Gasteiger partial charge in [0.15, 0.2) is 11.6 Å². The van der Waals surface area contributed by atoms with Crippen molar-refractivity contribution in [2.45, 2.75) is 65.6 Å². The van der Waals surface area contributed by atoms with E-state index in [-0.39, 0.29) is 47.8 Å². The molecule has 5 nitrogen and oxygen atoms in total. The lowest BCUT2D eigenvalue weighted by Gasteiger charge is -2.26. The van der Waals surface area contributed by atoms with Gasteiger partial charge >= 0.3 is 0 Å². The molecule has 1 heterocycles. The monoisotopic (exact) mass is 440 g/mol. The molecule has 1 aliphatic heterocycles. The smallest absolute Gasteiger partial charge is 0.223 e. The number of carbonyl (C=O) groups is 3. The van der Waals surface area contributed by atoms with Crippen LogP contribution in [0.4, 0.5) is 8.78 Å². The number of hydrogen-bond donors (Lipinski definition) is 1. The van der Waals surface area contributed by atoms with Crippen LogP contribution < -0.4 is 5.32 Å².